The molecule has 0 radical (unpaired) electrons. The average Bonchev–Trinajstić information content (AvgIpc) is 2.83. The van der Waals surface area contributed by atoms with Crippen molar-refractivity contribution in [3.05, 3.63) is 23.8 Å². The van der Waals surface area contributed by atoms with E-state index in [0.29, 0.717) is 12.2 Å². The third kappa shape index (κ3) is 1.95. The lowest BCUT2D eigenvalue weighted by Crippen LogP contribution is -2.42. The van der Waals surface area contributed by atoms with E-state index in [-0.39, 0.29) is 17.9 Å². The van der Waals surface area contributed by atoms with Gasteiger partial charge in [-0.15, -0.1) is 0 Å². The van der Waals surface area contributed by atoms with E-state index in [0.717, 1.165) is 17.7 Å². The van der Waals surface area contributed by atoms with Crippen LogP contribution in [0.5, 0.6) is 5.75 Å². The van der Waals surface area contributed by atoms with E-state index in [9.17, 15) is 9.59 Å². The van der Waals surface area contributed by atoms with E-state index < -0.39 is 6.10 Å². The molecule has 1 fully saturated rings. The molecule has 1 saturated heterocycles. The first-order valence-electron chi connectivity index (χ1n) is 6.44. The molecule has 100 valence electrons. The van der Waals surface area contributed by atoms with Gasteiger partial charge >= 0.3 is 0 Å². The van der Waals surface area contributed by atoms with E-state index >= 15 is 0 Å². The number of fused-ring (bicyclic) bond motifs is 1. The summed E-state index contributed by atoms with van der Waals surface area (Å²) in [6.07, 6.45) is 0.908. The minimum absolute atomic E-state index is 0.0423. The van der Waals surface area contributed by atoms with Gasteiger partial charge in [0.25, 0.3) is 5.91 Å². The van der Waals surface area contributed by atoms with Crippen molar-refractivity contribution in [3.63, 3.8) is 0 Å². The maximum absolute atomic E-state index is 11.9. The van der Waals surface area contributed by atoms with Crippen molar-refractivity contribution in [2.24, 2.45) is 0 Å². The Hall–Kier alpha value is -2.04. The number of hydrogen-bond acceptors (Lipinski definition) is 3. The summed E-state index contributed by atoms with van der Waals surface area (Å²) in [4.78, 5) is 24.8. The maximum atomic E-state index is 11.9. The monoisotopic (exact) mass is 260 g/mol. The number of benzene rings is 1. The number of rotatable bonds is 1. The average molecular weight is 260 g/mol. The maximum Gasteiger partial charge on any atom is 0.267 e. The zero-order valence-corrected chi connectivity index (χ0v) is 11.0. The molecule has 5 heteroatoms. The molecule has 0 spiro atoms. The summed E-state index contributed by atoms with van der Waals surface area (Å²) >= 11 is 0. The van der Waals surface area contributed by atoms with Crippen LogP contribution in [0.3, 0.4) is 0 Å². The van der Waals surface area contributed by atoms with Crippen LogP contribution in [0.1, 0.15) is 31.4 Å². The number of carbonyl (C=O) groups excluding carboxylic acids is 2. The van der Waals surface area contributed by atoms with Gasteiger partial charge in [-0.2, -0.15) is 0 Å². The molecule has 0 saturated carbocycles. The van der Waals surface area contributed by atoms with Gasteiger partial charge in [0.05, 0.1) is 11.7 Å². The van der Waals surface area contributed by atoms with Crippen LogP contribution in [-0.2, 0) is 9.59 Å². The second-order valence-electron chi connectivity index (χ2n) is 5.04. The first-order chi connectivity index (χ1) is 9.06. The van der Waals surface area contributed by atoms with Crippen LogP contribution < -0.4 is 15.0 Å². The standard InChI is InChI=1S/C14H16N2O3/c1-8-14(18)16(2)11-7-9(3-5-12(11)19-8)10-4-6-13(17)15-10/h3,5,7-8,10H,4,6H2,1-2H3,(H,15,17). The van der Waals surface area contributed by atoms with Crippen LogP contribution in [-0.4, -0.2) is 25.0 Å². The fraction of sp³-hybridized carbons (Fsp3) is 0.429. The summed E-state index contributed by atoms with van der Waals surface area (Å²) < 4.78 is 5.57. The minimum atomic E-state index is -0.450. The van der Waals surface area contributed by atoms with Gasteiger partial charge in [-0.1, -0.05) is 6.07 Å². The van der Waals surface area contributed by atoms with Crippen LogP contribution >= 0.6 is 0 Å². The molecular formula is C14H16N2O3. The van der Waals surface area contributed by atoms with E-state index in [4.69, 9.17) is 4.74 Å². The molecule has 2 aliphatic rings. The van der Waals surface area contributed by atoms with E-state index in [1.807, 2.05) is 18.2 Å². The smallest absolute Gasteiger partial charge is 0.267 e. The molecule has 1 aromatic rings. The quantitative estimate of drug-likeness (QED) is 0.830. The van der Waals surface area contributed by atoms with E-state index in [1.54, 1.807) is 18.9 Å². The Balaban J connectivity index is 1.95. The topological polar surface area (TPSA) is 58.6 Å². The summed E-state index contributed by atoms with van der Waals surface area (Å²) in [5, 5.41) is 2.93. The first-order valence-corrected chi connectivity index (χ1v) is 6.44. The van der Waals surface area contributed by atoms with Gasteiger partial charge in [-0.3, -0.25) is 9.59 Å². The van der Waals surface area contributed by atoms with Crippen LogP contribution in [0.25, 0.3) is 0 Å². The Labute approximate surface area is 111 Å². The van der Waals surface area contributed by atoms with Gasteiger partial charge in [0.2, 0.25) is 5.91 Å². The second-order valence-corrected chi connectivity index (χ2v) is 5.04. The Morgan fingerprint density at radius 2 is 2.16 bits per heavy atom. The largest absolute Gasteiger partial charge is 0.479 e. The molecule has 2 aliphatic heterocycles. The summed E-state index contributed by atoms with van der Waals surface area (Å²) in [6, 6.07) is 5.79. The van der Waals surface area contributed by atoms with Gasteiger partial charge in [0, 0.05) is 13.5 Å². The van der Waals surface area contributed by atoms with Crippen molar-refractivity contribution in [1.29, 1.82) is 0 Å². The molecule has 5 nitrogen and oxygen atoms in total. The molecule has 1 aromatic carbocycles. The molecule has 1 N–H and O–H groups in total. The van der Waals surface area contributed by atoms with Crippen molar-refractivity contribution in [1.82, 2.24) is 5.32 Å². The van der Waals surface area contributed by atoms with Gasteiger partial charge in [0.15, 0.2) is 6.10 Å². The van der Waals surface area contributed by atoms with Gasteiger partial charge in [-0.05, 0) is 31.0 Å². The molecule has 3 rings (SSSR count). The Kier molecular flexibility index (Phi) is 2.69. The minimum Gasteiger partial charge on any atom is -0.479 e. The molecule has 2 unspecified atom stereocenters. The zero-order chi connectivity index (χ0) is 13.6. The number of hydrogen-bond donors (Lipinski definition) is 1. The number of nitrogens with zero attached hydrogens (tertiary/aromatic N) is 1. The second kappa shape index (κ2) is 4.26. The summed E-state index contributed by atoms with van der Waals surface area (Å²) in [7, 11) is 1.75. The number of anilines is 1. The molecule has 2 atom stereocenters. The predicted octanol–water partition coefficient (Wildman–Crippen LogP) is 1.38. The summed E-state index contributed by atoms with van der Waals surface area (Å²) in [5.41, 5.74) is 1.78. The molecule has 2 heterocycles. The number of carbonyl (C=O) groups is 2. The Morgan fingerprint density at radius 3 is 2.84 bits per heavy atom. The van der Waals surface area contributed by atoms with Gasteiger partial charge in [-0.25, -0.2) is 0 Å². The highest BCUT2D eigenvalue weighted by Crippen LogP contribution is 2.36. The lowest BCUT2D eigenvalue weighted by atomic mass is 10.0. The molecule has 2 amide bonds. The molecule has 0 aromatic heterocycles. The number of ether oxygens (including phenoxy) is 1. The van der Waals surface area contributed by atoms with E-state index in [1.165, 1.54) is 0 Å². The number of amides is 2. The van der Waals surface area contributed by atoms with Crippen LogP contribution in [0.15, 0.2) is 18.2 Å². The molecule has 0 aliphatic carbocycles. The fourth-order valence-electron chi connectivity index (χ4n) is 2.61. The van der Waals surface area contributed by atoms with E-state index in [2.05, 4.69) is 5.32 Å². The summed E-state index contributed by atoms with van der Waals surface area (Å²) in [5.74, 6) is 0.736. The van der Waals surface area contributed by atoms with Crippen molar-refractivity contribution in [2.75, 3.05) is 11.9 Å². The highest BCUT2D eigenvalue weighted by molar-refractivity contribution is 5.99. The van der Waals surface area contributed by atoms with Crippen molar-refractivity contribution >= 4 is 17.5 Å². The van der Waals surface area contributed by atoms with Gasteiger partial charge < -0.3 is 15.0 Å². The highest BCUT2D eigenvalue weighted by Gasteiger charge is 2.30. The van der Waals surface area contributed by atoms with Crippen LogP contribution in [0.4, 0.5) is 5.69 Å². The lowest BCUT2D eigenvalue weighted by molar-refractivity contribution is -0.125. The third-order valence-corrected chi connectivity index (χ3v) is 3.72. The van der Waals surface area contributed by atoms with Crippen molar-refractivity contribution in [2.45, 2.75) is 31.9 Å². The summed E-state index contributed by atoms with van der Waals surface area (Å²) in [6.45, 7) is 1.74. The Bertz CT molecular complexity index is 556. The molecule has 0 bridgehead atoms. The predicted molar refractivity (Wildman–Crippen MR) is 70.1 cm³/mol. The molecular weight excluding hydrogens is 244 g/mol. The fourth-order valence-corrected chi connectivity index (χ4v) is 2.61. The van der Waals surface area contributed by atoms with Crippen LogP contribution in [0, 0.1) is 0 Å². The normalized spacial score (nSPS) is 25.9. The Morgan fingerprint density at radius 1 is 1.37 bits per heavy atom. The highest BCUT2D eigenvalue weighted by atomic mass is 16.5. The molecule has 19 heavy (non-hydrogen) atoms. The lowest BCUT2D eigenvalue weighted by Gasteiger charge is -2.31. The van der Waals surface area contributed by atoms with Gasteiger partial charge in [0.1, 0.15) is 5.75 Å². The van der Waals surface area contributed by atoms with Crippen molar-refractivity contribution < 1.29 is 14.3 Å². The third-order valence-electron chi connectivity index (χ3n) is 3.72. The number of likely N-dealkylation sites (N-methyl/N-ethyl adjacent to an activating group) is 1. The SMILES string of the molecule is CC1Oc2ccc(C3CCC(=O)N3)cc2N(C)C1=O. The van der Waals surface area contributed by atoms with Crippen LogP contribution in [0.2, 0.25) is 0 Å². The van der Waals surface area contributed by atoms with Crippen molar-refractivity contribution in [3.8, 4) is 5.75 Å². The number of nitrogens with one attached hydrogen (secondary N) is 1. The zero-order valence-electron chi connectivity index (χ0n) is 11.0. The first kappa shape index (κ1) is 12.0.